The van der Waals surface area contributed by atoms with Crippen LogP contribution in [-0.2, 0) is 19.6 Å². The van der Waals surface area contributed by atoms with E-state index in [4.69, 9.17) is 4.74 Å². The van der Waals surface area contributed by atoms with E-state index in [9.17, 15) is 9.59 Å². The van der Waals surface area contributed by atoms with Gasteiger partial charge in [0.05, 0.1) is 25.8 Å². The molecular weight excluding hydrogens is 548 g/mol. The van der Waals surface area contributed by atoms with Crippen molar-refractivity contribution in [3.8, 4) is 16.9 Å². The van der Waals surface area contributed by atoms with Gasteiger partial charge in [-0.25, -0.2) is 0 Å². The minimum atomic E-state index is -0.178. The lowest BCUT2D eigenvalue weighted by atomic mass is 9.97. The molecule has 2 aromatic heterocycles. The van der Waals surface area contributed by atoms with Gasteiger partial charge in [-0.2, -0.15) is 0 Å². The first-order valence-corrected chi connectivity index (χ1v) is 14.5. The zero-order chi connectivity index (χ0) is 30.0. The van der Waals surface area contributed by atoms with Crippen LogP contribution in [0.5, 0.6) is 5.75 Å². The third kappa shape index (κ3) is 4.98. The average molecular weight is 579 g/mol. The van der Waals surface area contributed by atoms with E-state index in [1.165, 1.54) is 0 Å². The number of carbonyl (C=O) groups is 2. The van der Waals surface area contributed by atoms with Crippen molar-refractivity contribution in [1.82, 2.24) is 14.9 Å². The molecule has 1 N–H and O–H groups in total. The summed E-state index contributed by atoms with van der Waals surface area (Å²) < 4.78 is 7.80. The van der Waals surface area contributed by atoms with E-state index >= 15 is 0 Å². The van der Waals surface area contributed by atoms with Gasteiger partial charge < -0.3 is 19.5 Å². The molecule has 4 aromatic carbocycles. The third-order valence-corrected chi connectivity index (χ3v) is 8.19. The minimum absolute atomic E-state index is 0.170. The molecule has 0 radical (unpaired) electrons. The van der Waals surface area contributed by atoms with Crippen LogP contribution >= 0.6 is 0 Å². The van der Waals surface area contributed by atoms with Gasteiger partial charge >= 0.3 is 0 Å². The number of nitrogens with zero attached hydrogens (tertiary/aromatic N) is 3. The Morgan fingerprint density at radius 3 is 2.57 bits per heavy atom. The van der Waals surface area contributed by atoms with Crippen LogP contribution in [0.2, 0.25) is 0 Å². The third-order valence-electron chi connectivity index (χ3n) is 8.19. The largest absolute Gasteiger partial charge is 0.496 e. The molecule has 0 unspecified atom stereocenters. The number of methoxy groups -OCH3 is 1. The zero-order valence-corrected chi connectivity index (χ0v) is 24.2. The molecule has 2 amide bonds. The number of aromatic nitrogens is 2. The van der Waals surface area contributed by atoms with E-state index in [0.717, 1.165) is 44.4 Å². The van der Waals surface area contributed by atoms with Gasteiger partial charge in [0.15, 0.2) is 0 Å². The predicted octanol–water partition coefficient (Wildman–Crippen LogP) is 6.85. The average Bonchev–Trinajstić information content (AvgIpc) is 3.39. The predicted molar refractivity (Wildman–Crippen MR) is 172 cm³/mol. The molecule has 0 saturated carbocycles. The van der Waals surface area contributed by atoms with E-state index in [0.29, 0.717) is 36.6 Å². The summed E-state index contributed by atoms with van der Waals surface area (Å²) >= 11 is 0. The zero-order valence-electron chi connectivity index (χ0n) is 24.2. The lowest BCUT2D eigenvalue weighted by Crippen LogP contribution is -2.31. The number of hydrogen-bond acceptors (Lipinski definition) is 4. The summed E-state index contributed by atoms with van der Waals surface area (Å²) in [5.41, 5.74) is 6.62. The fourth-order valence-corrected chi connectivity index (χ4v) is 5.97. The topological polar surface area (TPSA) is 76.5 Å². The monoisotopic (exact) mass is 578 g/mol. The second-order valence-electron chi connectivity index (χ2n) is 10.8. The van der Waals surface area contributed by atoms with Gasteiger partial charge in [-0.1, -0.05) is 72.8 Å². The summed E-state index contributed by atoms with van der Waals surface area (Å²) in [5.74, 6) is 0.159. The highest BCUT2D eigenvalue weighted by molar-refractivity contribution is 6.09. The summed E-state index contributed by atoms with van der Waals surface area (Å²) in [6.07, 6.45) is 3.44. The maximum Gasteiger partial charge on any atom is 0.268 e. The number of ether oxygens (including phenoxy) is 1. The molecule has 7 nitrogen and oxygen atoms in total. The van der Waals surface area contributed by atoms with Crippen molar-refractivity contribution in [3.05, 3.63) is 150 Å². The first kappa shape index (κ1) is 27.2. The molecule has 6 aromatic rings. The molecule has 1 aliphatic heterocycles. The molecule has 1 aliphatic rings. The van der Waals surface area contributed by atoms with E-state index in [-0.39, 0.29) is 11.8 Å². The van der Waals surface area contributed by atoms with E-state index < -0.39 is 0 Å². The highest BCUT2D eigenvalue weighted by Crippen LogP contribution is 2.35. The molecule has 0 bridgehead atoms. The first-order valence-electron chi connectivity index (χ1n) is 14.5. The lowest BCUT2D eigenvalue weighted by Gasteiger charge is -2.24. The summed E-state index contributed by atoms with van der Waals surface area (Å²) in [4.78, 5) is 33.5. The number of amides is 2. The standard InChI is InChI=1S/C37H30N4O3/c1-44-35-20-27(31-13-6-11-26-9-2-4-12-30(26)31)15-17-32(35)37(43)41-24-29-16-18-34(36(42)39-22-25-8-7-19-38-21-25)40(29)23-28-10-3-5-14-33(28)41/h2-21H,22-24H2,1H3,(H,39,42). The number of carbonyl (C=O) groups excluding carboxylic acids is 2. The van der Waals surface area contributed by atoms with E-state index in [2.05, 4.69) is 34.6 Å². The van der Waals surface area contributed by atoms with Crippen LogP contribution in [0.1, 0.15) is 37.7 Å². The van der Waals surface area contributed by atoms with Gasteiger partial charge in [0, 0.05) is 30.3 Å². The summed E-state index contributed by atoms with van der Waals surface area (Å²) in [6.45, 7) is 1.15. The molecule has 0 aliphatic carbocycles. The van der Waals surface area contributed by atoms with Crippen molar-refractivity contribution in [2.24, 2.45) is 0 Å². The second-order valence-corrected chi connectivity index (χ2v) is 10.8. The van der Waals surface area contributed by atoms with E-state index in [1.54, 1.807) is 24.4 Å². The van der Waals surface area contributed by atoms with Crippen LogP contribution < -0.4 is 15.0 Å². The Morgan fingerprint density at radius 1 is 0.864 bits per heavy atom. The second kappa shape index (κ2) is 11.5. The molecule has 0 atom stereocenters. The van der Waals surface area contributed by atoms with Crippen LogP contribution in [-0.4, -0.2) is 28.5 Å². The Kier molecular flexibility index (Phi) is 7.12. The van der Waals surface area contributed by atoms with Crippen LogP contribution in [0, 0.1) is 0 Å². The molecule has 216 valence electrons. The number of fused-ring (bicyclic) bond motifs is 3. The minimum Gasteiger partial charge on any atom is -0.496 e. The molecule has 44 heavy (non-hydrogen) atoms. The van der Waals surface area contributed by atoms with Gasteiger partial charge in [-0.15, -0.1) is 0 Å². The van der Waals surface area contributed by atoms with Crippen LogP contribution in [0.4, 0.5) is 5.69 Å². The Balaban J connectivity index is 1.22. The number of benzene rings is 4. The maximum atomic E-state index is 14.3. The quantitative estimate of drug-likeness (QED) is 0.235. The first-order chi connectivity index (χ1) is 21.6. The number of hydrogen-bond donors (Lipinski definition) is 1. The fraction of sp³-hybridized carbons (Fsp3) is 0.108. The lowest BCUT2D eigenvalue weighted by molar-refractivity contribution is 0.0941. The molecule has 7 heteroatoms. The van der Waals surface area contributed by atoms with Crippen molar-refractivity contribution in [1.29, 1.82) is 0 Å². The van der Waals surface area contributed by atoms with Gasteiger partial charge in [0.2, 0.25) is 0 Å². The Labute approximate surface area is 255 Å². The maximum absolute atomic E-state index is 14.3. The summed E-state index contributed by atoms with van der Waals surface area (Å²) in [6, 6.07) is 35.6. The van der Waals surface area contributed by atoms with Crippen LogP contribution in [0.15, 0.2) is 122 Å². The van der Waals surface area contributed by atoms with Crippen molar-refractivity contribution in [3.63, 3.8) is 0 Å². The SMILES string of the molecule is COc1cc(-c2cccc3ccccc23)ccc1C(=O)N1Cc2ccc(C(=O)NCc3cccnc3)n2Cc2ccccc21. The number of rotatable bonds is 6. The van der Waals surface area contributed by atoms with Crippen molar-refractivity contribution in [2.45, 2.75) is 19.6 Å². The molecule has 0 saturated heterocycles. The van der Waals surface area contributed by atoms with Gasteiger partial charge in [-0.3, -0.25) is 14.6 Å². The number of para-hydroxylation sites is 1. The molecular formula is C37H30N4O3. The van der Waals surface area contributed by atoms with Gasteiger partial charge in [0.1, 0.15) is 11.4 Å². The normalized spacial score (nSPS) is 12.2. The van der Waals surface area contributed by atoms with Crippen molar-refractivity contribution < 1.29 is 14.3 Å². The van der Waals surface area contributed by atoms with E-state index in [1.807, 2.05) is 89.5 Å². The van der Waals surface area contributed by atoms with Crippen molar-refractivity contribution >= 4 is 28.3 Å². The summed E-state index contributed by atoms with van der Waals surface area (Å²) in [5, 5.41) is 5.29. The molecule has 3 heterocycles. The molecule has 0 fully saturated rings. The Bertz CT molecular complexity index is 2010. The highest BCUT2D eigenvalue weighted by atomic mass is 16.5. The molecule has 0 spiro atoms. The number of pyridine rings is 1. The number of nitrogens with one attached hydrogen (secondary N) is 1. The fourth-order valence-electron chi connectivity index (χ4n) is 5.97. The van der Waals surface area contributed by atoms with Crippen molar-refractivity contribution in [2.75, 3.05) is 12.0 Å². The Hall–Kier alpha value is -5.69. The van der Waals surface area contributed by atoms with Gasteiger partial charge in [0.25, 0.3) is 11.8 Å². The van der Waals surface area contributed by atoms with Gasteiger partial charge in [-0.05, 0) is 69.4 Å². The Morgan fingerprint density at radius 2 is 1.70 bits per heavy atom. The van der Waals surface area contributed by atoms with Crippen LogP contribution in [0.25, 0.3) is 21.9 Å². The highest BCUT2D eigenvalue weighted by Gasteiger charge is 2.29. The van der Waals surface area contributed by atoms with Crippen LogP contribution in [0.3, 0.4) is 0 Å². The number of anilines is 1. The summed E-state index contributed by atoms with van der Waals surface area (Å²) in [7, 11) is 1.59. The smallest absolute Gasteiger partial charge is 0.268 e. The molecule has 7 rings (SSSR count).